The first-order valence-electron chi connectivity index (χ1n) is 10.1. The maximum Gasteiger partial charge on any atom is 0.279 e. The standard InChI is InChI=1S/C22H26ClN3O3S2/c1-5-13-26(14-6-2)31(28,29)17-9-7-16(8-10-17)21(27)24-22-25(4)20-15(3)18(23)11-12-19(20)30-22/h7-12H,5-6,13-14H2,1-4H3. The van der Waals surface area contributed by atoms with Crippen LogP contribution in [0.25, 0.3) is 10.2 Å². The first kappa shape index (κ1) is 23.7. The van der Waals surface area contributed by atoms with E-state index in [0.717, 1.165) is 28.6 Å². The third kappa shape index (κ3) is 4.77. The molecule has 0 N–H and O–H groups in total. The van der Waals surface area contributed by atoms with Gasteiger partial charge < -0.3 is 4.57 Å². The van der Waals surface area contributed by atoms with Crippen molar-refractivity contribution in [3.63, 3.8) is 0 Å². The van der Waals surface area contributed by atoms with Gasteiger partial charge >= 0.3 is 0 Å². The van der Waals surface area contributed by atoms with Crippen molar-refractivity contribution in [3.05, 3.63) is 57.3 Å². The SMILES string of the molecule is CCCN(CCC)S(=O)(=O)c1ccc(C(=O)N=c2sc3ccc(Cl)c(C)c3n2C)cc1. The molecule has 1 aromatic heterocycles. The smallest absolute Gasteiger partial charge is 0.279 e. The number of aromatic nitrogens is 1. The molecule has 0 radical (unpaired) electrons. The molecule has 0 spiro atoms. The lowest BCUT2D eigenvalue weighted by Crippen LogP contribution is -2.32. The molecular formula is C22H26ClN3O3S2. The first-order chi connectivity index (χ1) is 14.7. The minimum absolute atomic E-state index is 0.184. The molecule has 0 fully saturated rings. The van der Waals surface area contributed by atoms with Crippen molar-refractivity contribution < 1.29 is 13.2 Å². The van der Waals surface area contributed by atoms with Crippen molar-refractivity contribution in [1.82, 2.24) is 8.87 Å². The number of sulfonamides is 1. The Morgan fingerprint density at radius 2 is 1.71 bits per heavy atom. The number of carbonyl (C=O) groups is 1. The highest BCUT2D eigenvalue weighted by Gasteiger charge is 2.23. The van der Waals surface area contributed by atoms with Crippen LogP contribution < -0.4 is 4.80 Å². The van der Waals surface area contributed by atoms with Crippen LogP contribution in [0.3, 0.4) is 0 Å². The molecule has 0 saturated carbocycles. The quantitative estimate of drug-likeness (QED) is 0.490. The predicted molar refractivity (Wildman–Crippen MR) is 126 cm³/mol. The van der Waals surface area contributed by atoms with E-state index in [1.807, 2.05) is 44.5 Å². The summed E-state index contributed by atoms with van der Waals surface area (Å²) in [6.07, 6.45) is 1.48. The summed E-state index contributed by atoms with van der Waals surface area (Å²) in [5.74, 6) is -0.422. The Balaban J connectivity index is 1.93. The molecule has 0 unspecified atom stereocenters. The number of nitrogens with zero attached hydrogens (tertiary/aromatic N) is 3. The van der Waals surface area contributed by atoms with Crippen molar-refractivity contribution in [2.24, 2.45) is 12.0 Å². The van der Waals surface area contributed by atoms with Crippen LogP contribution in [-0.4, -0.2) is 36.3 Å². The van der Waals surface area contributed by atoms with Crippen molar-refractivity contribution in [1.29, 1.82) is 0 Å². The fourth-order valence-electron chi connectivity index (χ4n) is 3.43. The third-order valence-electron chi connectivity index (χ3n) is 5.03. The Morgan fingerprint density at radius 1 is 1.10 bits per heavy atom. The fraction of sp³-hybridized carbons (Fsp3) is 0.364. The zero-order chi connectivity index (χ0) is 22.8. The summed E-state index contributed by atoms with van der Waals surface area (Å²) in [6, 6.07) is 9.74. The number of hydrogen-bond acceptors (Lipinski definition) is 4. The summed E-state index contributed by atoms with van der Waals surface area (Å²) in [6.45, 7) is 6.77. The van der Waals surface area contributed by atoms with E-state index in [9.17, 15) is 13.2 Å². The van der Waals surface area contributed by atoms with Crippen LogP contribution >= 0.6 is 22.9 Å². The Bertz CT molecular complexity index is 1270. The van der Waals surface area contributed by atoms with E-state index < -0.39 is 15.9 Å². The molecule has 2 aromatic carbocycles. The molecule has 3 rings (SSSR count). The number of hydrogen-bond donors (Lipinski definition) is 0. The van der Waals surface area contributed by atoms with E-state index in [0.29, 0.717) is 28.5 Å². The Morgan fingerprint density at radius 3 is 2.29 bits per heavy atom. The van der Waals surface area contributed by atoms with Gasteiger partial charge in [-0.3, -0.25) is 4.79 Å². The zero-order valence-corrected chi connectivity index (χ0v) is 20.4. The van der Waals surface area contributed by atoms with E-state index in [-0.39, 0.29) is 4.90 Å². The maximum atomic E-state index is 12.9. The van der Waals surface area contributed by atoms with Gasteiger partial charge in [-0.05, 0) is 61.7 Å². The van der Waals surface area contributed by atoms with Gasteiger partial charge in [-0.1, -0.05) is 36.8 Å². The van der Waals surface area contributed by atoms with Gasteiger partial charge in [-0.15, -0.1) is 0 Å². The molecular weight excluding hydrogens is 454 g/mol. The number of fused-ring (bicyclic) bond motifs is 1. The number of benzene rings is 2. The van der Waals surface area contributed by atoms with Gasteiger partial charge in [0.15, 0.2) is 4.80 Å². The van der Waals surface area contributed by atoms with Crippen LogP contribution in [0, 0.1) is 6.92 Å². The van der Waals surface area contributed by atoms with Gasteiger partial charge in [0.05, 0.1) is 15.1 Å². The molecule has 0 aliphatic rings. The first-order valence-corrected chi connectivity index (χ1v) is 12.8. The summed E-state index contributed by atoms with van der Waals surface area (Å²) in [4.78, 5) is 17.7. The highest BCUT2D eigenvalue weighted by molar-refractivity contribution is 7.89. The summed E-state index contributed by atoms with van der Waals surface area (Å²) >= 11 is 7.63. The minimum atomic E-state index is -3.58. The Labute approximate surface area is 191 Å². The summed E-state index contributed by atoms with van der Waals surface area (Å²) in [5, 5.41) is 0.663. The Kier molecular flexibility index (Phi) is 7.36. The topological polar surface area (TPSA) is 71.7 Å². The third-order valence-corrected chi connectivity index (χ3v) is 8.45. The van der Waals surface area contributed by atoms with Crippen molar-refractivity contribution >= 4 is 49.1 Å². The monoisotopic (exact) mass is 479 g/mol. The molecule has 9 heteroatoms. The van der Waals surface area contributed by atoms with Crippen LogP contribution in [0.5, 0.6) is 0 Å². The number of thiazole rings is 1. The van der Waals surface area contributed by atoms with Crippen LogP contribution in [0.1, 0.15) is 42.6 Å². The average molecular weight is 480 g/mol. The highest BCUT2D eigenvalue weighted by Crippen LogP contribution is 2.26. The molecule has 166 valence electrons. The molecule has 0 saturated heterocycles. The van der Waals surface area contributed by atoms with E-state index in [2.05, 4.69) is 4.99 Å². The van der Waals surface area contributed by atoms with E-state index in [4.69, 9.17) is 11.6 Å². The molecule has 3 aromatic rings. The van der Waals surface area contributed by atoms with Gasteiger partial charge in [0.1, 0.15) is 0 Å². The molecule has 1 amide bonds. The number of halogens is 1. The number of carbonyl (C=O) groups excluding carboxylic acids is 1. The van der Waals surface area contributed by atoms with E-state index in [1.54, 1.807) is 0 Å². The number of aryl methyl sites for hydroxylation is 2. The maximum absolute atomic E-state index is 12.9. The molecule has 0 aliphatic carbocycles. The summed E-state index contributed by atoms with van der Waals surface area (Å²) < 4.78 is 30.1. The lowest BCUT2D eigenvalue weighted by Gasteiger charge is -2.21. The van der Waals surface area contributed by atoms with Gasteiger partial charge in [0, 0.05) is 30.7 Å². The van der Waals surface area contributed by atoms with Gasteiger partial charge in [-0.25, -0.2) is 8.42 Å². The lowest BCUT2D eigenvalue weighted by molar-refractivity contribution is 0.0998. The predicted octanol–water partition coefficient (Wildman–Crippen LogP) is 4.75. The van der Waals surface area contributed by atoms with Crippen molar-refractivity contribution in [3.8, 4) is 0 Å². The summed E-state index contributed by atoms with van der Waals surface area (Å²) in [7, 11) is -1.74. The van der Waals surface area contributed by atoms with Crippen LogP contribution in [0.15, 0.2) is 46.3 Å². The summed E-state index contributed by atoms with van der Waals surface area (Å²) in [5.41, 5.74) is 2.21. The minimum Gasteiger partial charge on any atom is -0.319 e. The second kappa shape index (κ2) is 9.65. The molecule has 1 heterocycles. The molecule has 0 atom stereocenters. The van der Waals surface area contributed by atoms with Crippen LogP contribution in [0.4, 0.5) is 0 Å². The average Bonchev–Trinajstić information content (AvgIpc) is 3.06. The molecule has 0 bridgehead atoms. The normalized spacial score (nSPS) is 12.8. The highest BCUT2D eigenvalue weighted by atomic mass is 35.5. The molecule has 31 heavy (non-hydrogen) atoms. The zero-order valence-electron chi connectivity index (χ0n) is 18.1. The second-order valence-corrected chi connectivity index (χ2v) is 10.7. The second-order valence-electron chi connectivity index (χ2n) is 7.31. The van der Waals surface area contributed by atoms with Crippen molar-refractivity contribution in [2.75, 3.05) is 13.1 Å². The lowest BCUT2D eigenvalue weighted by atomic mass is 10.2. The van der Waals surface area contributed by atoms with Crippen LogP contribution in [0.2, 0.25) is 5.02 Å². The largest absolute Gasteiger partial charge is 0.319 e. The molecule has 0 aliphatic heterocycles. The Hall–Kier alpha value is -2.00. The van der Waals surface area contributed by atoms with Gasteiger partial charge in [-0.2, -0.15) is 9.30 Å². The van der Waals surface area contributed by atoms with Crippen molar-refractivity contribution in [2.45, 2.75) is 38.5 Å². The number of rotatable bonds is 7. The van der Waals surface area contributed by atoms with Gasteiger partial charge in [0.25, 0.3) is 5.91 Å². The fourth-order valence-corrected chi connectivity index (χ4v) is 6.28. The van der Waals surface area contributed by atoms with E-state index in [1.165, 1.54) is 39.9 Å². The van der Waals surface area contributed by atoms with Crippen LogP contribution in [-0.2, 0) is 17.1 Å². The number of amides is 1. The van der Waals surface area contributed by atoms with Gasteiger partial charge in [0.2, 0.25) is 10.0 Å². The van der Waals surface area contributed by atoms with E-state index >= 15 is 0 Å². The molecule has 6 nitrogen and oxygen atoms in total.